The van der Waals surface area contributed by atoms with Crippen LogP contribution in [0.25, 0.3) is 11.1 Å². The Hall–Kier alpha value is -2.62. The Labute approximate surface area is 161 Å². The first-order chi connectivity index (χ1) is 13.1. The molecule has 3 rings (SSSR count). The summed E-state index contributed by atoms with van der Waals surface area (Å²) in [5, 5.41) is 0. The molecular weight excluding hydrogens is 336 g/mol. The number of hydrogen-bond donors (Lipinski definition) is 1. The van der Waals surface area contributed by atoms with Crippen molar-refractivity contribution in [3.05, 3.63) is 59.7 Å². The lowest BCUT2D eigenvalue weighted by Gasteiger charge is -2.35. The molecule has 2 aromatic carbocycles. The summed E-state index contributed by atoms with van der Waals surface area (Å²) in [5.74, 6) is -0.354. The molecule has 0 saturated carbocycles. The number of carbonyl (C=O) groups excluding carboxylic acids is 2. The van der Waals surface area contributed by atoms with E-state index in [0.717, 1.165) is 43.2 Å². The lowest BCUT2D eigenvalue weighted by molar-refractivity contribution is -0.119. The molecule has 0 aromatic heterocycles. The van der Waals surface area contributed by atoms with Gasteiger partial charge in [-0.05, 0) is 54.5 Å². The molecular formula is C23H28N2O2. The van der Waals surface area contributed by atoms with E-state index in [1.807, 2.05) is 29.2 Å². The molecule has 27 heavy (non-hydrogen) atoms. The van der Waals surface area contributed by atoms with E-state index in [1.54, 1.807) is 0 Å². The van der Waals surface area contributed by atoms with Crippen LogP contribution in [-0.2, 0) is 11.2 Å². The highest BCUT2D eigenvalue weighted by molar-refractivity contribution is 5.95. The topological polar surface area (TPSA) is 63.4 Å². The highest BCUT2D eigenvalue weighted by Crippen LogP contribution is 2.24. The van der Waals surface area contributed by atoms with Crippen LogP contribution in [0.15, 0.2) is 48.5 Å². The van der Waals surface area contributed by atoms with E-state index in [2.05, 4.69) is 31.2 Å². The van der Waals surface area contributed by atoms with Crippen LogP contribution in [0.1, 0.15) is 54.9 Å². The number of benzene rings is 2. The minimum atomic E-state index is -0.346. The Kier molecular flexibility index (Phi) is 6.28. The molecule has 2 amide bonds. The van der Waals surface area contributed by atoms with Gasteiger partial charge in [-0.3, -0.25) is 9.59 Å². The number of primary amides is 1. The zero-order chi connectivity index (χ0) is 19.2. The van der Waals surface area contributed by atoms with Crippen LogP contribution in [0, 0.1) is 0 Å². The maximum absolute atomic E-state index is 12.9. The molecule has 0 spiro atoms. The minimum Gasteiger partial charge on any atom is -0.370 e. The fourth-order valence-electron chi connectivity index (χ4n) is 3.84. The quantitative estimate of drug-likeness (QED) is 0.836. The van der Waals surface area contributed by atoms with Crippen molar-refractivity contribution in [3.63, 3.8) is 0 Å². The van der Waals surface area contributed by atoms with Crippen molar-refractivity contribution >= 4 is 11.8 Å². The second kappa shape index (κ2) is 8.85. The molecule has 1 atom stereocenters. The molecule has 1 unspecified atom stereocenters. The third-order valence-electron chi connectivity index (χ3n) is 5.28. The second-order valence-electron chi connectivity index (χ2n) is 7.34. The lowest BCUT2D eigenvalue weighted by Crippen LogP contribution is -2.45. The third kappa shape index (κ3) is 4.76. The van der Waals surface area contributed by atoms with Crippen LogP contribution < -0.4 is 5.73 Å². The molecule has 1 aliphatic rings. The number of nitrogens with zero attached hydrogens (tertiary/aromatic N) is 1. The molecule has 4 heteroatoms. The molecule has 142 valence electrons. The standard InChI is InChI=1S/C23H28N2O2/c1-2-5-17-7-9-18(10-8-17)19-11-13-20(14-12-19)23(27)25-15-4-3-6-21(25)16-22(24)26/h7-14,21H,2-6,15-16H2,1H3,(H2,24,26). The van der Waals surface area contributed by atoms with Gasteiger partial charge < -0.3 is 10.6 Å². The number of hydrogen-bond acceptors (Lipinski definition) is 2. The van der Waals surface area contributed by atoms with Gasteiger partial charge in [0, 0.05) is 24.6 Å². The van der Waals surface area contributed by atoms with E-state index in [0.29, 0.717) is 12.1 Å². The van der Waals surface area contributed by atoms with Gasteiger partial charge in [-0.2, -0.15) is 0 Å². The SMILES string of the molecule is CCCc1ccc(-c2ccc(C(=O)N3CCCCC3CC(N)=O)cc2)cc1. The Bertz CT molecular complexity index is 781. The van der Waals surface area contributed by atoms with Gasteiger partial charge in [0.05, 0.1) is 0 Å². The minimum absolute atomic E-state index is 0.00852. The Morgan fingerprint density at radius 1 is 1.00 bits per heavy atom. The summed E-state index contributed by atoms with van der Waals surface area (Å²) in [7, 11) is 0. The average Bonchev–Trinajstić information content (AvgIpc) is 2.68. The van der Waals surface area contributed by atoms with Gasteiger partial charge in [0.1, 0.15) is 0 Å². The van der Waals surface area contributed by atoms with Crippen molar-refractivity contribution in [1.82, 2.24) is 4.90 Å². The Balaban J connectivity index is 1.73. The molecule has 0 radical (unpaired) electrons. The molecule has 0 aliphatic carbocycles. The molecule has 1 aliphatic heterocycles. The normalized spacial score (nSPS) is 16.9. The predicted molar refractivity (Wildman–Crippen MR) is 108 cm³/mol. The van der Waals surface area contributed by atoms with Crippen molar-refractivity contribution in [1.29, 1.82) is 0 Å². The Morgan fingerprint density at radius 3 is 2.22 bits per heavy atom. The van der Waals surface area contributed by atoms with Gasteiger partial charge in [0.2, 0.25) is 5.91 Å². The van der Waals surface area contributed by atoms with Crippen molar-refractivity contribution in [2.24, 2.45) is 5.73 Å². The molecule has 1 heterocycles. The third-order valence-corrected chi connectivity index (χ3v) is 5.28. The summed E-state index contributed by atoms with van der Waals surface area (Å²) in [6.07, 6.45) is 5.34. The maximum Gasteiger partial charge on any atom is 0.254 e. The fraction of sp³-hybridized carbons (Fsp3) is 0.391. The number of piperidine rings is 1. The van der Waals surface area contributed by atoms with E-state index in [9.17, 15) is 9.59 Å². The van der Waals surface area contributed by atoms with Crippen LogP contribution >= 0.6 is 0 Å². The van der Waals surface area contributed by atoms with Crippen molar-refractivity contribution in [2.75, 3.05) is 6.54 Å². The molecule has 1 fully saturated rings. The van der Waals surface area contributed by atoms with Crippen LogP contribution in [0.3, 0.4) is 0 Å². The van der Waals surface area contributed by atoms with Gasteiger partial charge in [0.15, 0.2) is 0 Å². The summed E-state index contributed by atoms with van der Waals surface area (Å²) in [6, 6.07) is 16.3. The monoisotopic (exact) mass is 364 g/mol. The first kappa shape index (κ1) is 19.2. The molecule has 1 saturated heterocycles. The first-order valence-electron chi connectivity index (χ1n) is 9.87. The zero-order valence-electron chi connectivity index (χ0n) is 16.0. The zero-order valence-corrected chi connectivity index (χ0v) is 16.0. The fourth-order valence-corrected chi connectivity index (χ4v) is 3.84. The van der Waals surface area contributed by atoms with Crippen LogP contribution in [0.4, 0.5) is 0 Å². The summed E-state index contributed by atoms with van der Waals surface area (Å²) >= 11 is 0. The van der Waals surface area contributed by atoms with Crippen LogP contribution in [0.5, 0.6) is 0 Å². The molecule has 4 nitrogen and oxygen atoms in total. The summed E-state index contributed by atoms with van der Waals surface area (Å²) in [4.78, 5) is 26.1. The lowest BCUT2D eigenvalue weighted by atomic mass is 9.97. The van der Waals surface area contributed by atoms with E-state index in [1.165, 1.54) is 5.56 Å². The van der Waals surface area contributed by atoms with E-state index in [4.69, 9.17) is 5.73 Å². The first-order valence-corrected chi connectivity index (χ1v) is 9.87. The van der Waals surface area contributed by atoms with E-state index in [-0.39, 0.29) is 24.3 Å². The van der Waals surface area contributed by atoms with Crippen molar-refractivity contribution < 1.29 is 9.59 Å². The van der Waals surface area contributed by atoms with Gasteiger partial charge in [-0.25, -0.2) is 0 Å². The summed E-state index contributed by atoms with van der Waals surface area (Å²) in [5.41, 5.74) is 9.62. The van der Waals surface area contributed by atoms with Crippen LogP contribution in [-0.4, -0.2) is 29.3 Å². The average molecular weight is 364 g/mol. The van der Waals surface area contributed by atoms with E-state index < -0.39 is 0 Å². The van der Waals surface area contributed by atoms with Crippen LogP contribution in [0.2, 0.25) is 0 Å². The maximum atomic E-state index is 12.9. The molecule has 0 bridgehead atoms. The highest BCUT2D eigenvalue weighted by Gasteiger charge is 2.28. The van der Waals surface area contributed by atoms with Crippen molar-refractivity contribution in [2.45, 2.75) is 51.5 Å². The van der Waals surface area contributed by atoms with Gasteiger partial charge >= 0.3 is 0 Å². The highest BCUT2D eigenvalue weighted by atomic mass is 16.2. The number of amides is 2. The molecule has 2 N–H and O–H groups in total. The number of aryl methyl sites for hydroxylation is 1. The summed E-state index contributed by atoms with van der Waals surface area (Å²) < 4.78 is 0. The smallest absolute Gasteiger partial charge is 0.254 e. The van der Waals surface area contributed by atoms with Crippen molar-refractivity contribution in [3.8, 4) is 11.1 Å². The van der Waals surface area contributed by atoms with Gasteiger partial charge in [-0.1, -0.05) is 49.7 Å². The van der Waals surface area contributed by atoms with Gasteiger partial charge in [0.25, 0.3) is 5.91 Å². The number of likely N-dealkylation sites (tertiary alicyclic amines) is 1. The number of rotatable bonds is 6. The number of nitrogens with two attached hydrogens (primary N) is 1. The Morgan fingerprint density at radius 2 is 1.63 bits per heavy atom. The predicted octanol–water partition coefficient (Wildman–Crippen LogP) is 4.18. The molecule has 2 aromatic rings. The van der Waals surface area contributed by atoms with Gasteiger partial charge in [-0.15, -0.1) is 0 Å². The second-order valence-corrected chi connectivity index (χ2v) is 7.34. The van der Waals surface area contributed by atoms with E-state index >= 15 is 0 Å². The summed E-state index contributed by atoms with van der Waals surface area (Å²) in [6.45, 7) is 2.87. The number of carbonyl (C=O) groups is 2. The largest absolute Gasteiger partial charge is 0.370 e.